The third kappa shape index (κ3) is 4.83. The van der Waals surface area contributed by atoms with Crippen LogP contribution in [-0.2, 0) is 0 Å². The van der Waals surface area contributed by atoms with Gasteiger partial charge < -0.3 is 10.2 Å². The third-order valence-corrected chi connectivity index (χ3v) is 3.78. The van der Waals surface area contributed by atoms with E-state index in [1.54, 1.807) is 0 Å². The Labute approximate surface area is 117 Å². The van der Waals surface area contributed by atoms with Gasteiger partial charge in [0.25, 0.3) is 0 Å². The summed E-state index contributed by atoms with van der Waals surface area (Å²) in [5.41, 5.74) is 1.20. The zero-order valence-electron chi connectivity index (χ0n) is 12.8. The van der Waals surface area contributed by atoms with Crippen LogP contribution in [0.15, 0.2) is 24.3 Å². The van der Waals surface area contributed by atoms with E-state index in [4.69, 9.17) is 0 Å². The van der Waals surface area contributed by atoms with Gasteiger partial charge in [0.05, 0.1) is 0 Å². The minimum absolute atomic E-state index is 0.151. The first-order valence-electron chi connectivity index (χ1n) is 7.07. The Morgan fingerprint density at radius 2 is 1.84 bits per heavy atom. The van der Waals surface area contributed by atoms with Crippen LogP contribution in [0.25, 0.3) is 0 Å². The van der Waals surface area contributed by atoms with Crippen LogP contribution in [0.5, 0.6) is 0 Å². The van der Waals surface area contributed by atoms with Crippen molar-refractivity contribution in [1.29, 1.82) is 0 Å². The molecule has 1 aromatic carbocycles. The van der Waals surface area contributed by atoms with Crippen LogP contribution in [0, 0.1) is 11.2 Å². The molecule has 1 aromatic rings. The molecule has 0 aliphatic rings. The molecule has 0 fully saturated rings. The van der Waals surface area contributed by atoms with E-state index in [0.717, 1.165) is 25.2 Å². The number of rotatable bonds is 7. The summed E-state index contributed by atoms with van der Waals surface area (Å²) in [5, 5.41) is 3.55. The summed E-state index contributed by atoms with van der Waals surface area (Å²) in [5.74, 6) is -0.186. The highest BCUT2D eigenvalue weighted by Gasteiger charge is 2.27. The van der Waals surface area contributed by atoms with Gasteiger partial charge >= 0.3 is 0 Å². The zero-order valence-corrected chi connectivity index (χ0v) is 12.8. The first-order chi connectivity index (χ1) is 8.86. The Morgan fingerprint density at radius 3 is 2.37 bits per heavy atom. The molecule has 0 heterocycles. The molecule has 0 aliphatic heterocycles. The molecule has 1 rings (SSSR count). The van der Waals surface area contributed by atoms with Crippen molar-refractivity contribution in [3.05, 3.63) is 30.1 Å². The fourth-order valence-corrected chi connectivity index (χ4v) is 2.17. The number of anilines is 1. The highest BCUT2D eigenvalue weighted by atomic mass is 19.1. The van der Waals surface area contributed by atoms with Gasteiger partial charge in [-0.2, -0.15) is 0 Å². The van der Waals surface area contributed by atoms with E-state index in [2.05, 4.69) is 45.0 Å². The van der Waals surface area contributed by atoms with E-state index in [1.807, 2.05) is 12.1 Å². The molecule has 0 bridgehead atoms. The zero-order chi connectivity index (χ0) is 14.5. The Morgan fingerprint density at radius 1 is 1.26 bits per heavy atom. The second kappa shape index (κ2) is 6.90. The lowest BCUT2D eigenvalue weighted by Crippen LogP contribution is -2.46. The van der Waals surface area contributed by atoms with Crippen molar-refractivity contribution >= 4 is 5.69 Å². The molecule has 0 radical (unpaired) electrons. The standard InChI is InChI=1S/C16H27FN2/c1-6-11-18-13(2)16(3,4)12-19(5)15-9-7-14(17)8-10-15/h7-10,13,18H,6,11-12H2,1-5H3. The second-order valence-electron chi connectivity index (χ2n) is 6.00. The summed E-state index contributed by atoms with van der Waals surface area (Å²) in [6.45, 7) is 10.9. The minimum Gasteiger partial charge on any atom is -0.374 e. The number of nitrogens with zero attached hydrogens (tertiary/aromatic N) is 1. The topological polar surface area (TPSA) is 15.3 Å². The Kier molecular flexibility index (Phi) is 5.80. The van der Waals surface area contributed by atoms with Crippen LogP contribution in [0.2, 0.25) is 0 Å². The summed E-state index contributed by atoms with van der Waals surface area (Å²) in [6, 6.07) is 7.12. The maximum atomic E-state index is 12.9. The molecule has 0 amide bonds. The molecule has 0 spiro atoms. The van der Waals surface area contributed by atoms with E-state index < -0.39 is 0 Å². The molecule has 0 saturated carbocycles. The van der Waals surface area contributed by atoms with Crippen LogP contribution < -0.4 is 10.2 Å². The SMILES string of the molecule is CCCNC(C)C(C)(C)CN(C)c1ccc(F)cc1. The minimum atomic E-state index is -0.186. The van der Waals surface area contributed by atoms with Crippen LogP contribution >= 0.6 is 0 Å². The van der Waals surface area contributed by atoms with Gasteiger partial charge in [-0.25, -0.2) is 4.39 Å². The number of benzene rings is 1. The van der Waals surface area contributed by atoms with E-state index in [0.29, 0.717) is 6.04 Å². The van der Waals surface area contributed by atoms with Gasteiger partial charge in [-0.05, 0) is 49.6 Å². The largest absolute Gasteiger partial charge is 0.374 e. The van der Waals surface area contributed by atoms with Crippen LogP contribution in [0.4, 0.5) is 10.1 Å². The highest BCUT2D eigenvalue weighted by molar-refractivity contribution is 5.45. The predicted octanol–water partition coefficient (Wildman–Crippen LogP) is 3.68. The fourth-order valence-electron chi connectivity index (χ4n) is 2.17. The average molecular weight is 266 g/mol. The van der Waals surface area contributed by atoms with Crippen LogP contribution in [0.3, 0.4) is 0 Å². The van der Waals surface area contributed by atoms with Gasteiger partial charge in [0.2, 0.25) is 0 Å². The van der Waals surface area contributed by atoms with Gasteiger partial charge in [-0.3, -0.25) is 0 Å². The molecule has 2 nitrogen and oxygen atoms in total. The van der Waals surface area contributed by atoms with Crippen molar-refractivity contribution in [2.45, 2.75) is 40.2 Å². The molecular formula is C16H27FN2. The molecule has 3 heteroatoms. The van der Waals surface area contributed by atoms with E-state index in [9.17, 15) is 4.39 Å². The average Bonchev–Trinajstić information content (AvgIpc) is 2.36. The number of hydrogen-bond donors (Lipinski definition) is 1. The molecule has 0 saturated heterocycles. The summed E-state index contributed by atoms with van der Waals surface area (Å²) >= 11 is 0. The molecule has 1 N–H and O–H groups in total. The van der Waals surface area contributed by atoms with Crippen molar-refractivity contribution in [3.8, 4) is 0 Å². The molecule has 108 valence electrons. The van der Waals surface area contributed by atoms with Crippen molar-refractivity contribution in [1.82, 2.24) is 5.32 Å². The monoisotopic (exact) mass is 266 g/mol. The van der Waals surface area contributed by atoms with Gasteiger partial charge in [0.1, 0.15) is 5.82 Å². The maximum Gasteiger partial charge on any atom is 0.123 e. The van der Waals surface area contributed by atoms with E-state index in [-0.39, 0.29) is 11.2 Å². The second-order valence-corrected chi connectivity index (χ2v) is 6.00. The normalized spacial score (nSPS) is 13.4. The Hall–Kier alpha value is -1.09. The van der Waals surface area contributed by atoms with Crippen LogP contribution in [0.1, 0.15) is 34.1 Å². The molecular weight excluding hydrogens is 239 g/mol. The van der Waals surface area contributed by atoms with Gasteiger partial charge in [-0.15, -0.1) is 0 Å². The Balaban J connectivity index is 2.63. The lowest BCUT2D eigenvalue weighted by Gasteiger charge is -2.37. The van der Waals surface area contributed by atoms with Crippen molar-refractivity contribution in [2.75, 3.05) is 25.0 Å². The first-order valence-corrected chi connectivity index (χ1v) is 7.07. The number of halogens is 1. The number of hydrogen-bond acceptors (Lipinski definition) is 2. The summed E-state index contributed by atoms with van der Waals surface area (Å²) in [7, 11) is 2.06. The summed E-state index contributed by atoms with van der Waals surface area (Å²) in [4.78, 5) is 2.18. The lowest BCUT2D eigenvalue weighted by molar-refractivity contribution is 0.263. The number of nitrogens with one attached hydrogen (secondary N) is 1. The van der Waals surface area contributed by atoms with Crippen LogP contribution in [-0.4, -0.2) is 26.2 Å². The quantitative estimate of drug-likeness (QED) is 0.810. The molecule has 0 aliphatic carbocycles. The lowest BCUT2D eigenvalue weighted by atomic mass is 9.84. The fraction of sp³-hybridized carbons (Fsp3) is 0.625. The van der Waals surface area contributed by atoms with Crippen molar-refractivity contribution < 1.29 is 4.39 Å². The Bertz CT molecular complexity index is 373. The predicted molar refractivity (Wildman–Crippen MR) is 81.2 cm³/mol. The highest BCUT2D eigenvalue weighted by Crippen LogP contribution is 2.24. The first kappa shape index (κ1) is 16.0. The molecule has 19 heavy (non-hydrogen) atoms. The molecule has 1 unspecified atom stereocenters. The van der Waals surface area contributed by atoms with Crippen molar-refractivity contribution in [3.63, 3.8) is 0 Å². The summed E-state index contributed by atoms with van der Waals surface area (Å²) < 4.78 is 12.9. The van der Waals surface area contributed by atoms with Crippen molar-refractivity contribution in [2.24, 2.45) is 5.41 Å². The van der Waals surface area contributed by atoms with Gasteiger partial charge in [-0.1, -0.05) is 20.8 Å². The van der Waals surface area contributed by atoms with Gasteiger partial charge in [0, 0.05) is 25.3 Å². The summed E-state index contributed by atoms with van der Waals surface area (Å²) in [6.07, 6.45) is 1.15. The third-order valence-electron chi connectivity index (χ3n) is 3.78. The van der Waals surface area contributed by atoms with E-state index in [1.165, 1.54) is 12.1 Å². The maximum absolute atomic E-state index is 12.9. The molecule has 0 aromatic heterocycles. The molecule has 1 atom stereocenters. The van der Waals surface area contributed by atoms with E-state index >= 15 is 0 Å². The smallest absolute Gasteiger partial charge is 0.123 e. The van der Waals surface area contributed by atoms with Gasteiger partial charge in [0.15, 0.2) is 0 Å².